The standard InChI is InChI=1S/C22H29BOS2.CH2O2/c1-2-3-6-15-20(25-16-18-11-7-4-8-12-18)21(23)22(24)26-17-19-13-9-5-10-14-19;2-1-3/h4-5,7-14,20-22,24H,2-3,6,15-17H2,1H3;1H,(H,2,3). The van der Waals surface area contributed by atoms with Crippen LogP contribution in [0.15, 0.2) is 60.7 Å². The van der Waals surface area contributed by atoms with Crippen molar-refractivity contribution >= 4 is 37.8 Å². The summed E-state index contributed by atoms with van der Waals surface area (Å²) in [5.41, 5.74) is 2.00. The van der Waals surface area contributed by atoms with Gasteiger partial charge in [-0.3, -0.25) is 4.79 Å². The molecule has 0 heterocycles. The smallest absolute Gasteiger partial charge is 0.290 e. The monoisotopic (exact) mass is 430 g/mol. The van der Waals surface area contributed by atoms with Crippen molar-refractivity contribution in [2.45, 2.75) is 60.6 Å². The summed E-state index contributed by atoms with van der Waals surface area (Å²) < 4.78 is 0. The van der Waals surface area contributed by atoms with E-state index in [9.17, 15) is 5.11 Å². The zero-order valence-electron chi connectivity index (χ0n) is 17.0. The lowest BCUT2D eigenvalue weighted by Crippen LogP contribution is -2.23. The van der Waals surface area contributed by atoms with E-state index in [1.807, 2.05) is 36.0 Å². The maximum absolute atomic E-state index is 10.6. The molecule has 0 aliphatic carbocycles. The third-order valence-corrected chi connectivity index (χ3v) is 7.06. The van der Waals surface area contributed by atoms with Crippen LogP contribution < -0.4 is 0 Å². The van der Waals surface area contributed by atoms with Gasteiger partial charge in [-0.2, -0.15) is 11.8 Å². The van der Waals surface area contributed by atoms with Crippen molar-refractivity contribution in [1.82, 2.24) is 0 Å². The fourth-order valence-corrected chi connectivity index (χ4v) is 5.18. The average molecular weight is 430 g/mol. The summed E-state index contributed by atoms with van der Waals surface area (Å²) in [5, 5.41) is 17.8. The van der Waals surface area contributed by atoms with Crippen LogP contribution in [0, 0.1) is 0 Å². The molecule has 0 saturated heterocycles. The van der Waals surface area contributed by atoms with Crippen molar-refractivity contribution in [2.75, 3.05) is 0 Å². The number of hydrogen-bond acceptors (Lipinski definition) is 4. The molecule has 0 aliphatic rings. The van der Waals surface area contributed by atoms with Gasteiger partial charge >= 0.3 is 0 Å². The minimum atomic E-state index is -0.537. The van der Waals surface area contributed by atoms with Gasteiger partial charge in [0.2, 0.25) is 0 Å². The average Bonchev–Trinajstić information content (AvgIpc) is 2.76. The number of aliphatic hydroxyl groups is 1. The van der Waals surface area contributed by atoms with Crippen LogP contribution in [-0.4, -0.2) is 35.2 Å². The molecule has 0 bridgehead atoms. The van der Waals surface area contributed by atoms with Crippen molar-refractivity contribution in [1.29, 1.82) is 0 Å². The van der Waals surface area contributed by atoms with Crippen molar-refractivity contribution in [2.24, 2.45) is 0 Å². The van der Waals surface area contributed by atoms with Gasteiger partial charge in [0, 0.05) is 16.8 Å². The third-order valence-electron chi connectivity index (χ3n) is 4.42. The number of rotatable bonds is 12. The summed E-state index contributed by atoms with van der Waals surface area (Å²) in [5.74, 6) is 1.52. The molecular weight excluding hydrogens is 399 g/mol. The van der Waals surface area contributed by atoms with Crippen molar-refractivity contribution in [3.05, 3.63) is 71.8 Å². The number of carboxylic acid groups (broad SMARTS) is 1. The first-order valence-corrected chi connectivity index (χ1v) is 12.0. The Morgan fingerprint density at radius 2 is 1.41 bits per heavy atom. The zero-order chi connectivity index (χ0) is 21.3. The number of carbonyl (C=O) groups is 1. The lowest BCUT2D eigenvalue weighted by Gasteiger charge is -2.28. The maximum atomic E-state index is 10.6. The molecule has 2 aromatic rings. The predicted molar refractivity (Wildman–Crippen MR) is 128 cm³/mol. The molecule has 2 aromatic carbocycles. The van der Waals surface area contributed by atoms with Crippen molar-refractivity contribution in [3.8, 4) is 0 Å². The Morgan fingerprint density at radius 3 is 1.90 bits per heavy atom. The van der Waals surface area contributed by atoms with Gasteiger partial charge in [0.25, 0.3) is 6.47 Å². The Morgan fingerprint density at radius 1 is 0.931 bits per heavy atom. The van der Waals surface area contributed by atoms with Gasteiger partial charge in [-0.15, -0.1) is 11.8 Å². The Labute approximate surface area is 185 Å². The number of hydrogen-bond donors (Lipinski definition) is 2. The van der Waals surface area contributed by atoms with Crippen LogP contribution in [-0.2, 0) is 16.3 Å². The van der Waals surface area contributed by atoms with Crippen LogP contribution >= 0.6 is 23.5 Å². The van der Waals surface area contributed by atoms with E-state index in [1.54, 1.807) is 11.8 Å². The molecule has 0 aromatic heterocycles. The summed E-state index contributed by atoms with van der Waals surface area (Å²) in [6.45, 7) is 1.97. The second-order valence-corrected chi connectivity index (χ2v) is 9.03. The quantitative estimate of drug-likeness (QED) is 0.194. The van der Waals surface area contributed by atoms with E-state index in [1.165, 1.54) is 30.4 Å². The molecule has 3 atom stereocenters. The molecule has 0 fully saturated rings. The lowest BCUT2D eigenvalue weighted by atomic mass is 9.83. The molecule has 2 N–H and O–H groups in total. The normalized spacial score (nSPS) is 13.6. The SMILES string of the molecule is O=CO.[B]C(C(O)SCc1ccccc1)C(CCCCC)SCc1ccccc1. The Bertz CT molecular complexity index is 643. The molecule has 0 saturated carbocycles. The third kappa shape index (κ3) is 11.4. The first kappa shape index (κ1) is 25.7. The van der Waals surface area contributed by atoms with E-state index in [4.69, 9.17) is 17.7 Å². The largest absolute Gasteiger partial charge is 0.483 e. The maximum Gasteiger partial charge on any atom is 0.290 e. The lowest BCUT2D eigenvalue weighted by molar-refractivity contribution is -0.122. The molecule has 3 unspecified atom stereocenters. The second kappa shape index (κ2) is 16.4. The van der Waals surface area contributed by atoms with Gasteiger partial charge in [0.1, 0.15) is 0 Å². The highest BCUT2D eigenvalue weighted by atomic mass is 32.2. The van der Waals surface area contributed by atoms with E-state index >= 15 is 0 Å². The summed E-state index contributed by atoms with van der Waals surface area (Å²) in [6, 6.07) is 20.8. The minimum Gasteiger partial charge on any atom is -0.483 e. The first-order valence-electron chi connectivity index (χ1n) is 9.94. The topological polar surface area (TPSA) is 57.5 Å². The van der Waals surface area contributed by atoms with Gasteiger partial charge in [-0.25, -0.2) is 0 Å². The van der Waals surface area contributed by atoms with E-state index in [0.29, 0.717) is 0 Å². The second-order valence-electron chi connectivity index (χ2n) is 6.70. The molecule has 6 heteroatoms. The number of unbranched alkanes of at least 4 members (excludes halogenated alkanes) is 2. The van der Waals surface area contributed by atoms with Gasteiger partial charge in [-0.1, -0.05) is 86.8 Å². The van der Waals surface area contributed by atoms with Crippen LogP contribution in [0.5, 0.6) is 0 Å². The van der Waals surface area contributed by atoms with Crippen LogP contribution in [0.3, 0.4) is 0 Å². The summed E-state index contributed by atoms with van der Waals surface area (Å²) in [7, 11) is 6.48. The van der Waals surface area contributed by atoms with E-state index < -0.39 is 5.44 Å². The van der Waals surface area contributed by atoms with E-state index in [-0.39, 0.29) is 17.5 Å². The highest BCUT2D eigenvalue weighted by molar-refractivity contribution is 8.00. The molecule has 2 radical (unpaired) electrons. The highest BCUT2D eigenvalue weighted by Crippen LogP contribution is 2.36. The molecule has 3 nitrogen and oxygen atoms in total. The van der Waals surface area contributed by atoms with E-state index in [0.717, 1.165) is 17.9 Å². The zero-order valence-corrected chi connectivity index (χ0v) is 18.7. The molecule has 156 valence electrons. The van der Waals surface area contributed by atoms with Crippen LogP contribution in [0.25, 0.3) is 0 Å². The first-order chi connectivity index (χ1) is 14.1. The Balaban J connectivity index is 0.00000132. The fourth-order valence-electron chi connectivity index (χ4n) is 2.81. The fraction of sp³-hybridized carbons (Fsp3) is 0.435. The molecule has 0 aliphatic heterocycles. The van der Waals surface area contributed by atoms with Gasteiger partial charge in [-0.05, 0) is 23.4 Å². The molecule has 0 amide bonds. The molecule has 0 spiro atoms. The predicted octanol–water partition coefficient (Wildman–Crippen LogP) is 5.78. The summed E-state index contributed by atoms with van der Waals surface area (Å²) in [4.78, 5) is 8.36. The van der Waals surface area contributed by atoms with Crippen LogP contribution in [0.4, 0.5) is 0 Å². The molecule has 2 rings (SSSR count). The highest BCUT2D eigenvalue weighted by Gasteiger charge is 2.24. The van der Waals surface area contributed by atoms with Gasteiger partial charge in [0.15, 0.2) is 0 Å². The summed E-state index contributed by atoms with van der Waals surface area (Å²) >= 11 is 3.43. The minimum absolute atomic E-state index is 0.214. The number of aliphatic hydroxyl groups excluding tert-OH is 1. The van der Waals surface area contributed by atoms with Gasteiger partial charge in [0.05, 0.1) is 13.3 Å². The number of benzene rings is 2. The van der Waals surface area contributed by atoms with Crippen molar-refractivity contribution in [3.63, 3.8) is 0 Å². The Hall–Kier alpha value is -1.37. The van der Waals surface area contributed by atoms with E-state index in [2.05, 4.69) is 43.3 Å². The Kier molecular flexibility index (Phi) is 14.5. The van der Waals surface area contributed by atoms with Crippen LogP contribution in [0.2, 0.25) is 5.82 Å². The van der Waals surface area contributed by atoms with Crippen molar-refractivity contribution < 1.29 is 15.0 Å². The van der Waals surface area contributed by atoms with Crippen LogP contribution in [0.1, 0.15) is 43.7 Å². The number of thioether (sulfide) groups is 2. The molecule has 29 heavy (non-hydrogen) atoms. The summed E-state index contributed by atoms with van der Waals surface area (Å²) in [6.07, 6.45) is 4.67. The van der Waals surface area contributed by atoms with Gasteiger partial charge < -0.3 is 10.2 Å². The molecular formula is C23H31BO3S2.